The number of ether oxygens (including phenoxy) is 1. The highest BCUT2D eigenvalue weighted by Crippen LogP contribution is 2.19. The summed E-state index contributed by atoms with van der Waals surface area (Å²) in [5, 5.41) is 10.3. The lowest BCUT2D eigenvalue weighted by molar-refractivity contribution is -0.120. The van der Waals surface area contributed by atoms with Crippen molar-refractivity contribution in [2.24, 2.45) is 0 Å². The first-order chi connectivity index (χ1) is 9.84. The van der Waals surface area contributed by atoms with Crippen LogP contribution in [0.4, 0.5) is 5.69 Å². The molecule has 1 aliphatic heterocycles. The number of anilines is 1. The van der Waals surface area contributed by atoms with Crippen LogP contribution in [0.3, 0.4) is 0 Å². The van der Waals surface area contributed by atoms with Gasteiger partial charge in [0.05, 0.1) is 24.6 Å². The molecule has 0 spiro atoms. The lowest BCUT2D eigenvalue weighted by Gasteiger charge is -2.23. The van der Waals surface area contributed by atoms with Gasteiger partial charge in [-0.05, 0) is 18.2 Å². The van der Waals surface area contributed by atoms with E-state index in [-0.39, 0.29) is 11.9 Å². The fourth-order valence-corrected chi connectivity index (χ4v) is 2.14. The molecule has 0 saturated carbocycles. The topological polar surface area (TPSA) is 68.2 Å². The normalized spacial score (nSPS) is 18.7. The van der Waals surface area contributed by atoms with Gasteiger partial charge in [0.15, 0.2) is 0 Å². The Morgan fingerprint density at radius 1 is 1.40 bits per heavy atom. The molecule has 6 heteroatoms. The minimum atomic E-state index is -0.311. The lowest BCUT2D eigenvalue weighted by atomic mass is 10.2. The third-order valence-electron chi connectivity index (χ3n) is 3.15. The average Bonchev–Trinajstić information content (AvgIpc) is 3.03. The number of hydrogen-bond acceptors (Lipinski definition) is 4. The van der Waals surface area contributed by atoms with Crippen molar-refractivity contribution in [3.8, 4) is 5.69 Å². The Morgan fingerprint density at radius 3 is 3.05 bits per heavy atom. The number of carbonyl (C=O) groups excluding carboxylic acids is 1. The summed E-state index contributed by atoms with van der Waals surface area (Å²) in [4.78, 5) is 12.2. The molecule has 0 aliphatic carbocycles. The Bertz CT molecular complexity index is 577. The number of para-hydroxylation sites is 2. The molecule has 1 aliphatic rings. The maximum absolute atomic E-state index is 12.2. The quantitative estimate of drug-likeness (QED) is 0.867. The highest BCUT2D eigenvalue weighted by atomic mass is 16.5. The second kappa shape index (κ2) is 5.85. The van der Waals surface area contributed by atoms with Crippen LogP contribution in [-0.2, 0) is 9.53 Å². The Labute approximate surface area is 116 Å². The van der Waals surface area contributed by atoms with Crippen molar-refractivity contribution >= 4 is 11.6 Å². The molecule has 1 fully saturated rings. The van der Waals surface area contributed by atoms with Gasteiger partial charge in [0.1, 0.15) is 6.04 Å². The maximum atomic E-state index is 12.2. The van der Waals surface area contributed by atoms with E-state index >= 15 is 0 Å². The van der Waals surface area contributed by atoms with Gasteiger partial charge in [-0.15, -0.1) is 0 Å². The van der Waals surface area contributed by atoms with E-state index in [0.29, 0.717) is 19.8 Å². The summed E-state index contributed by atoms with van der Waals surface area (Å²) in [6.07, 6.45) is 3.54. The van der Waals surface area contributed by atoms with E-state index in [4.69, 9.17) is 4.74 Å². The van der Waals surface area contributed by atoms with E-state index in [2.05, 4.69) is 15.7 Å². The second-order valence-corrected chi connectivity index (χ2v) is 4.54. The van der Waals surface area contributed by atoms with Crippen molar-refractivity contribution in [1.82, 2.24) is 15.1 Å². The van der Waals surface area contributed by atoms with Crippen molar-refractivity contribution in [2.45, 2.75) is 6.04 Å². The lowest BCUT2D eigenvalue weighted by Crippen LogP contribution is -2.48. The van der Waals surface area contributed by atoms with E-state index in [1.165, 1.54) is 0 Å². The zero-order chi connectivity index (χ0) is 13.8. The number of aromatic nitrogens is 2. The standard InChI is InChI=1S/C14H16N4O2/c19-14(12-10-20-9-7-15-12)17-11-4-1-2-5-13(11)18-8-3-6-16-18/h1-6,8,12,15H,7,9-10H2,(H,17,19). The first kappa shape index (κ1) is 12.8. The predicted molar refractivity (Wildman–Crippen MR) is 74.8 cm³/mol. The van der Waals surface area contributed by atoms with Gasteiger partial charge in [0, 0.05) is 18.9 Å². The largest absolute Gasteiger partial charge is 0.378 e. The van der Waals surface area contributed by atoms with Gasteiger partial charge in [-0.1, -0.05) is 12.1 Å². The van der Waals surface area contributed by atoms with E-state index in [1.807, 2.05) is 36.5 Å². The van der Waals surface area contributed by atoms with Crippen LogP contribution in [0.15, 0.2) is 42.7 Å². The summed E-state index contributed by atoms with van der Waals surface area (Å²) in [6.45, 7) is 1.74. The molecule has 20 heavy (non-hydrogen) atoms. The van der Waals surface area contributed by atoms with E-state index in [9.17, 15) is 4.79 Å². The van der Waals surface area contributed by atoms with Crippen molar-refractivity contribution in [3.05, 3.63) is 42.7 Å². The van der Waals surface area contributed by atoms with Gasteiger partial charge in [0.25, 0.3) is 0 Å². The Hall–Kier alpha value is -2.18. The third-order valence-corrected chi connectivity index (χ3v) is 3.15. The van der Waals surface area contributed by atoms with Crippen LogP contribution in [0.2, 0.25) is 0 Å². The molecule has 1 atom stereocenters. The van der Waals surface area contributed by atoms with Crippen LogP contribution in [0, 0.1) is 0 Å². The van der Waals surface area contributed by atoms with Crippen LogP contribution in [-0.4, -0.2) is 41.5 Å². The molecular weight excluding hydrogens is 256 g/mol. The average molecular weight is 272 g/mol. The van der Waals surface area contributed by atoms with Crippen LogP contribution in [0.25, 0.3) is 5.69 Å². The van der Waals surface area contributed by atoms with Crippen molar-refractivity contribution in [3.63, 3.8) is 0 Å². The SMILES string of the molecule is O=C(Nc1ccccc1-n1cccn1)C1COCCN1. The fourth-order valence-electron chi connectivity index (χ4n) is 2.14. The molecule has 104 valence electrons. The number of rotatable bonds is 3. The van der Waals surface area contributed by atoms with Crippen molar-refractivity contribution < 1.29 is 9.53 Å². The summed E-state index contributed by atoms with van der Waals surface area (Å²) in [6, 6.07) is 9.10. The highest BCUT2D eigenvalue weighted by Gasteiger charge is 2.21. The predicted octanol–water partition coefficient (Wildman–Crippen LogP) is 0.799. The van der Waals surface area contributed by atoms with Gasteiger partial charge in [-0.25, -0.2) is 4.68 Å². The molecule has 0 radical (unpaired) electrons. The van der Waals surface area contributed by atoms with Crippen LogP contribution in [0.5, 0.6) is 0 Å². The summed E-state index contributed by atoms with van der Waals surface area (Å²) >= 11 is 0. The molecule has 1 saturated heterocycles. The smallest absolute Gasteiger partial charge is 0.243 e. The number of morpholine rings is 1. The van der Waals surface area contributed by atoms with Crippen LogP contribution < -0.4 is 10.6 Å². The molecule has 0 bridgehead atoms. The third kappa shape index (κ3) is 2.71. The zero-order valence-corrected chi connectivity index (χ0v) is 11.0. The Morgan fingerprint density at radius 2 is 2.30 bits per heavy atom. The molecular formula is C14H16N4O2. The van der Waals surface area contributed by atoms with Crippen LogP contribution in [0.1, 0.15) is 0 Å². The van der Waals surface area contributed by atoms with Gasteiger partial charge in [-0.3, -0.25) is 4.79 Å². The van der Waals surface area contributed by atoms with Gasteiger partial charge in [0.2, 0.25) is 5.91 Å². The maximum Gasteiger partial charge on any atom is 0.243 e. The highest BCUT2D eigenvalue weighted by molar-refractivity contribution is 5.96. The van der Waals surface area contributed by atoms with E-state index < -0.39 is 0 Å². The summed E-state index contributed by atoms with van der Waals surface area (Å²) in [5.74, 6) is -0.0932. The Kier molecular flexibility index (Phi) is 3.76. The molecule has 2 heterocycles. The first-order valence-corrected chi connectivity index (χ1v) is 6.55. The number of carbonyl (C=O) groups is 1. The summed E-state index contributed by atoms with van der Waals surface area (Å²) < 4.78 is 7.03. The molecule has 3 rings (SSSR count). The summed E-state index contributed by atoms with van der Waals surface area (Å²) in [7, 11) is 0. The monoisotopic (exact) mass is 272 g/mol. The molecule has 1 aromatic heterocycles. The van der Waals surface area contributed by atoms with Gasteiger partial charge >= 0.3 is 0 Å². The van der Waals surface area contributed by atoms with E-state index in [1.54, 1.807) is 10.9 Å². The molecule has 2 N–H and O–H groups in total. The minimum absolute atomic E-state index is 0.0932. The fraction of sp³-hybridized carbons (Fsp3) is 0.286. The van der Waals surface area contributed by atoms with Crippen LogP contribution >= 0.6 is 0 Å². The molecule has 1 amide bonds. The minimum Gasteiger partial charge on any atom is -0.378 e. The molecule has 2 aromatic rings. The van der Waals surface area contributed by atoms with E-state index in [0.717, 1.165) is 11.4 Å². The number of benzene rings is 1. The second-order valence-electron chi connectivity index (χ2n) is 4.54. The Balaban J connectivity index is 1.79. The van der Waals surface area contributed by atoms with Crippen molar-refractivity contribution in [2.75, 3.05) is 25.1 Å². The molecule has 1 unspecified atom stereocenters. The number of amides is 1. The molecule has 6 nitrogen and oxygen atoms in total. The number of nitrogens with one attached hydrogen (secondary N) is 2. The van der Waals surface area contributed by atoms with Crippen molar-refractivity contribution in [1.29, 1.82) is 0 Å². The van der Waals surface area contributed by atoms with Gasteiger partial charge < -0.3 is 15.4 Å². The number of nitrogens with zero attached hydrogens (tertiary/aromatic N) is 2. The first-order valence-electron chi connectivity index (χ1n) is 6.55. The number of hydrogen-bond donors (Lipinski definition) is 2. The molecule has 1 aromatic carbocycles. The zero-order valence-electron chi connectivity index (χ0n) is 11.0. The van der Waals surface area contributed by atoms with Gasteiger partial charge in [-0.2, -0.15) is 5.10 Å². The summed E-state index contributed by atoms with van der Waals surface area (Å²) in [5.41, 5.74) is 1.57.